The third-order valence-corrected chi connectivity index (χ3v) is 12.0. The SMILES string of the molecule is CC.C[C@@H](O)CN1CC2CCC(C1)N2c1nc(N2CCN3CCCC3C2)nc2c(F)c(-c3ncc(F)c4sc(N)c(C#N)c34)c3c(c12)COC3. The second-order valence-corrected chi connectivity index (χ2v) is 15.0. The normalized spacial score (nSPS) is 24.0. The summed E-state index contributed by atoms with van der Waals surface area (Å²) in [5, 5.41) is 21.2. The van der Waals surface area contributed by atoms with E-state index in [4.69, 9.17) is 20.4 Å². The standard InChI is InChI=1S/C34H37F2N9O2S.C2H6/c1-17(46)11-42-12-19-4-5-20(13-42)45(19)33-27-23-16-47-15-22(23)25(29-26-21(9-37)32(38)48-31(26)24(35)10-39-29)28(36)30(27)40-34(41-33)44-8-7-43-6-2-3-18(43)14-44;1-2/h10,17-20,46H,2-8,11-16,38H2,1H3;1-2H3/t17-,18?,19?,20?;/m1./s1. The Kier molecular flexibility index (Phi) is 8.75. The average molecular weight is 704 g/mol. The van der Waals surface area contributed by atoms with Crippen molar-refractivity contribution in [2.45, 2.75) is 83.9 Å². The van der Waals surface area contributed by atoms with Crippen molar-refractivity contribution >= 4 is 49.1 Å². The van der Waals surface area contributed by atoms with E-state index in [0.29, 0.717) is 29.5 Å². The van der Waals surface area contributed by atoms with E-state index in [1.54, 1.807) is 0 Å². The number of piperazine rings is 2. The van der Waals surface area contributed by atoms with Gasteiger partial charge in [0.1, 0.15) is 22.4 Å². The summed E-state index contributed by atoms with van der Waals surface area (Å²) in [6.45, 7) is 11.9. The maximum Gasteiger partial charge on any atom is 0.228 e. The van der Waals surface area contributed by atoms with Crippen LogP contribution >= 0.6 is 11.3 Å². The number of nitrogens with zero attached hydrogens (tertiary/aromatic N) is 8. The van der Waals surface area contributed by atoms with Crippen molar-refractivity contribution in [3.05, 3.63) is 34.5 Å². The third kappa shape index (κ3) is 5.28. The summed E-state index contributed by atoms with van der Waals surface area (Å²) in [6, 6.07) is 2.83. The Bertz CT molecular complexity index is 2000. The minimum Gasteiger partial charge on any atom is -0.392 e. The van der Waals surface area contributed by atoms with Crippen LogP contribution in [0.3, 0.4) is 0 Å². The third-order valence-electron chi connectivity index (χ3n) is 11.0. The minimum atomic E-state index is -0.607. The molecule has 11 nitrogen and oxygen atoms in total. The lowest BCUT2D eigenvalue weighted by atomic mass is 9.93. The lowest BCUT2D eigenvalue weighted by molar-refractivity contribution is 0.111. The number of benzene rings is 1. The largest absolute Gasteiger partial charge is 0.392 e. The van der Waals surface area contributed by atoms with Crippen molar-refractivity contribution in [3.8, 4) is 17.3 Å². The van der Waals surface area contributed by atoms with Crippen LogP contribution in [0.2, 0.25) is 0 Å². The highest BCUT2D eigenvalue weighted by molar-refractivity contribution is 7.23. The van der Waals surface area contributed by atoms with E-state index >= 15 is 8.78 Å². The number of thiophene rings is 1. The lowest BCUT2D eigenvalue weighted by Crippen LogP contribution is -2.55. The number of ether oxygens (including phenoxy) is 1. The fourth-order valence-electron chi connectivity index (χ4n) is 9.00. The van der Waals surface area contributed by atoms with Crippen molar-refractivity contribution in [1.29, 1.82) is 5.26 Å². The van der Waals surface area contributed by atoms with Gasteiger partial charge >= 0.3 is 0 Å². The molecule has 0 spiro atoms. The van der Waals surface area contributed by atoms with Gasteiger partial charge in [0, 0.05) is 68.3 Å². The number of likely N-dealkylation sites (tertiary alicyclic amines) is 1. The van der Waals surface area contributed by atoms with Gasteiger partial charge in [-0.15, -0.1) is 11.3 Å². The molecule has 8 heterocycles. The molecule has 4 aromatic rings. The molecular weight excluding hydrogens is 661 g/mol. The number of aliphatic hydroxyl groups is 1. The van der Waals surface area contributed by atoms with Crippen LogP contribution in [-0.2, 0) is 18.0 Å². The molecule has 0 amide bonds. The first kappa shape index (κ1) is 33.4. The fourth-order valence-corrected chi connectivity index (χ4v) is 9.92. The van der Waals surface area contributed by atoms with Gasteiger partial charge in [0.15, 0.2) is 11.6 Å². The molecule has 0 saturated carbocycles. The predicted octanol–water partition coefficient (Wildman–Crippen LogP) is 5.01. The van der Waals surface area contributed by atoms with Crippen LogP contribution in [0.4, 0.5) is 25.5 Å². The average Bonchev–Trinajstić information content (AvgIpc) is 3.90. The van der Waals surface area contributed by atoms with Gasteiger partial charge in [-0.3, -0.25) is 14.8 Å². The van der Waals surface area contributed by atoms with Gasteiger partial charge < -0.3 is 25.4 Å². The molecule has 0 aliphatic carbocycles. The number of fused-ring (bicyclic) bond motifs is 7. The second-order valence-electron chi connectivity index (χ2n) is 14.0. The van der Waals surface area contributed by atoms with Crippen molar-refractivity contribution < 1.29 is 18.6 Å². The van der Waals surface area contributed by atoms with Crippen molar-refractivity contribution in [1.82, 2.24) is 24.8 Å². The number of nitriles is 1. The molecule has 3 unspecified atom stereocenters. The molecule has 9 rings (SSSR count). The van der Waals surface area contributed by atoms with Crippen LogP contribution in [0.1, 0.15) is 63.1 Å². The summed E-state index contributed by atoms with van der Waals surface area (Å²) in [5.74, 6) is 0.0558. The number of nitrogens with two attached hydrogens (primary N) is 1. The lowest BCUT2D eigenvalue weighted by Gasteiger charge is -2.43. The summed E-state index contributed by atoms with van der Waals surface area (Å²) in [5.41, 5.74) is 8.21. The first-order valence-electron chi connectivity index (χ1n) is 17.9. The number of pyridine rings is 1. The molecule has 50 heavy (non-hydrogen) atoms. The van der Waals surface area contributed by atoms with E-state index in [-0.39, 0.29) is 62.7 Å². The zero-order valence-corrected chi connectivity index (χ0v) is 29.6. The van der Waals surface area contributed by atoms with E-state index in [1.807, 2.05) is 20.8 Å². The molecule has 4 atom stereocenters. The zero-order valence-electron chi connectivity index (χ0n) is 28.8. The summed E-state index contributed by atoms with van der Waals surface area (Å²) >= 11 is 0.967. The van der Waals surface area contributed by atoms with Gasteiger partial charge in [-0.1, -0.05) is 13.8 Å². The van der Waals surface area contributed by atoms with Crippen LogP contribution in [-0.4, -0.2) is 99.9 Å². The molecule has 0 radical (unpaired) electrons. The Hall–Kier alpha value is -3.74. The maximum absolute atomic E-state index is 17.5. The van der Waals surface area contributed by atoms with Crippen molar-refractivity contribution in [3.63, 3.8) is 0 Å². The number of aliphatic hydroxyl groups excluding tert-OH is 1. The minimum absolute atomic E-state index is 0.0920. The zero-order chi connectivity index (χ0) is 34.8. The summed E-state index contributed by atoms with van der Waals surface area (Å²) in [7, 11) is 0. The molecule has 1 aromatic carbocycles. The predicted molar refractivity (Wildman–Crippen MR) is 191 cm³/mol. The second kappa shape index (κ2) is 13.1. The number of anilines is 3. The monoisotopic (exact) mass is 703 g/mol. The topological polar surface area (TPSA) is 131 Å². The van der Waals surface area contributed by atoms with Crippen molar-refractivity contribution in [2.75, 3.05) is 61.3 Å². The fraction of sp³-hybridized carbons (Fsp3) is 0.556. The number of halogens is 2. The highest BCUT2D eigenvalue weighted by Crippen LogP contribution is 2.48. The van der Waals surface area contributed by atoms with E-state index in [1.165, 1.54) is 6.42 Å². The highest BCUT2D eigenvalue weighted by Gasteiger charge is 2.43. The van der Waals surface area contributed by atoms with Gasteiger partial charge in [-0.2, -0.15) is 10.2 Å². The number of hydrogen-bond donors (Lipinski definition) is 2. The Balaban J connectivity index is 0.00000177. The van der Waals surface area contributed by atoms with E-state index in [9.17, 15) is 10.4 Å². The Morgan fingerprint density at radius 2 is 1.80 bits per heavy atom. The van der Waals surface area contributed by atoms with Crippen LogP contribution in [0.25, 0.3) is 32.2 Å². The summed E-state index contributed by atoms with van der Waals surface area (Å²) in [6.07, 6.45) is 4.90. The summed E-state index contributed by atoms with van der Waals surface area (Å²) in [4.78, 5) is 24.2. The van der Waals surface area contributed by atoms with E-state index in [0.717, 1.165) is 87.4 Å². The van der Waals surface area contributed by atoms with E-state index in [2.05, 4.69) is 30.7 Å². The number of rotatable bonds is 5. The molecule has 5 aliphatic rings. The Labute approximate surface area is 294 Å². The molecule has 2 bridgehead atoms. The number of aromatic nitrogens is 3. The molecular formula is C36H43F2N9O2S. The van der Waals surface area contributed by atoms with Crippen molar-refractivity contribution in [2.24, 2.45) is 0 Å². The molecule has 4 fully saturated rings. The Morgan fingerprint density at radius 1 is 1.04 bits per heavy atom. The quantitative estimate of drug-likeness (QED) is 0.291. The van der Waals surface area contributed by atoms with Crippen LogP contribution in [0.5, 0.6) is 0 Å². The first-order chi connectivity index (χ1) is 24.3. The molecule has 264 valence electrons. The molecule has 4 saturated heterocycles. The van der Waals surface area contributed by atoms with Crippen LogP contribution in [0.15, 0.2) is 6.20 Å². The molecule has 14 heteroatoms. The Morgan fingerprint density at radius 3 is 2.54 bits per heavy atom. The number of nitrogen functional groups attached to an aromatic ring is 1. The smallest absolute Gasteiger partial charge is 0.228 e. The van der Waals surface area contributed by atoms with Crippen LogP contribution in [0, 0.1) is 23.0 Å². The number of β-amino-alcohol motifs (C(OH)–C–C–N with tert-alkyl or cyclic N) is 1. The van der Waals surface area contributed by atoms with Crippen LogP contribution < -0.4 is 15.5 Å². The van der Waals surface area contributed by atoms with E-state index < -0.39 is 17.7 Å². The highest BCUT2D eigenvalue weighted by atomic mass is 32.1. The molecule has 3 aromatic heterocycles. The molecule has 3 N–H and O–H groups in total. The van der Waals surface area contributed by atoms with Gasteiger partial charge in [0.05, 0.1) is 46.9 Å². The summed E-state index contributed by atoms with van der Waals surface area (Å²) < 4.78 is 38.8. The van der Waals surface area contributed by atoms with Gasteiger partial charge in [0.25, 0.3) is 0 Å². The first-order valence-corrected chi connectivity index (χ1v) is 18.7. The molecule has 5 aliphatic heterocycles. The maximum atomic E-state index is 17.5. The van der Waals surface area contributed by atoms with Gasteiger partial charge in [-0.05, 0) is 50.3 Å². The van der Waals surface area contributed by atoms with Gasteiger partial charge in [0.2, 0.25) is 5.95 Å². The van der Waals surface area contributed by atoms with Gasteiger partial charge in [-0.25, -0.2) is 13.8 Å². The number of hydrogen-bond acceptors (Lipinski definition) is 12.